The van der Waals surface area contributed by atoms with Gasteiger partial charge in [0.2, 0.25) is 5.92 Å². The smallest absolute Gasteiger partial charge is 0.207 e. The van der Waals surface area contributed by atoms with E-state index in [1.54, 1.807) is 0 Å². The van der Waals surface area contributed by atoms with E-state index in [4.69, 9.17) is 0 Å². The summed E-state index contributed by atoms with van der Waals surface area (Å²) in [5.41, 5.74) is 0. The van der Waals surface area contributed by atoms with E-state index < -0.39 is 5.92 Å². The molecule has 0 atom stereocenters. The van der Waals surface area contributed by atoms with Crippen LogP contribution in [0.3, 0.4) is 0 Å². The molecule has 0 rings (SSSR count). The molecule has 74 valence electrons. The first-order valence-electron chi connectivity index (χ1n) is 4.46. The van der Waals surface area contributed by atoms with Gasteiger partial charge in [0.25, 0.3) is 0 Å². The Kier molecular flexibility index (Phi) is 10.2. The fourth-order valence-electron chi connectivity index (χ4n) is 0.356. The average Bonchev–Trinajstić information content (AvgIpc) is 2.00. The van der Waals surface area contributed by atoms with Gasteiger partial charge in [-0.15, -0.1) is 6.58 Å². The fraction of sp³-hybridized carbons (Fsp3) is 0.800. The molecule has 0 aromatic heterocycles. The Labute approximate surface area is 74.7 Å². The highest BCUT2D eigenvalue weighted by Crippen LogP contribution is 2.18. The van der Waals surface area contributed by atoms with Gasteiger partial charge in [-0.05, 0) is 13.3 Å². The Balaban J connectivity index is 0. The van der Waals surface area contributed by atoms with Crippen molar-refractivity contribution in [2.24, 2.45) is 0 Å². The van der Waals surface area contributed by atoms with Gasteiger partial charge in [0.1, 0.15) is 0 Å². The van der Waals surface area contributed by atoms with Crippen LogP contribution in [0.25, 0.3) is 0 Å². The van der Waals surface area contributed by atoms with Gasteiger partial charge in [0.15, 0.2) is 0 Å². The van der Waals surface area contributed by atoms with Gasteiger partial charge < -0.3 is 0 Å². The largest absolute Gasteiger partial charge is 0.245 e. The van der Waals surface area contributed by atoms with E-state index in [1.165, 1.54) is 18.9 Å². The molecular formula is C10H20F2. The fourth-order valence-corrected chi connectivity index (χ4v) is 0.356. The first-order chi connectivity index (χ1) is 5.47. The van der Waals surface area contributed by atoms with Crippen LogP contribution in [-0.4, -0.2) is 5.92 Å². The average molecular weight is 178 g/mol. The Bertz CT molecular complexity index is 90.5. The van der Waals surface area contributed by atoms with Crippen LogP contribution < -0.4 is 0 Å². The van der Waals surface area contributed by atoms with Gasteiger partial charge in [-0.2, -0.15) is 0 Å². The normalized spacial score (nSPS) is 10.1. The molecule has 0 fully saturated rings. The van der Waals surface area contributed by atoms with Crippen LogP contribution in [0, 0.1) is 0 Å². The molecule has 0 aliphatic carbocycles. The molecule has 0 spiro atoms. The maximum absolute atomic E-state index is 11.9. The first-order valence-corrected chi connectivity index (χ1v) is 4.46. The Morgan fingerprint density at radius 3 is 1.75 bits per heavy atom. The van der Waals surface area contributed by atoms with Gasteiger partial charge in [0.05, 0.1) is 0 Å². The van der Waals surface area contributed by atoms with Gasteiger partial charge in [0, 0.05) is 6.42 Å². The van der Waals surface area contributed by atoms with Crippen molar-refractivity contribution >= 4 is 0 Å². The molecule has 0 heterocycles. The van der Waals surface area contributed by atoms with E-state index in [9.17, 15) is 8.78 Å². The van der Waals surface area contributed by atoms with Crippen molar-refractivity contribution in [3.8, 4) is 0 Å². The van der Waals surface area contributed by atoms with E-state index >= 15 is 0 Å². The quantitative estimate of drug-likeness (QED) is 0.559. The molecular weight excluding hydrogens is 158 g/mol. The lowest BCUT2D eigenvalue weighted by molar-refractivity contribution is 0.0140. The molecule has 0 aliphatic heterocycles. The van der Waals surface area contributed by atoms with E-state index in [0.717, 1.165) is 6.92 Å². The second kappa shape index (κ2) is 8.69. The molecule has 0 bridgehead atoms. The predicted molar refractivity (Wildman–Crippen MR) is 50.6 cm³/mol. The predicted octanol–water partition coefficient (Wildman–Crippen LogP) is 4.41. The van der Waals surface area contributed by atoms with Gasteiger partial charge in [-0.1, -0.05) is 32.8 Å². The van der Waals surface area contributed by atoms with Gasteiger partial charge in [-0.3, -0.25) is 0 Å². The summed E-state index contributed by atoms with van der Waals surface area (Å²) in [4.78, 5) is 0. The monoisotopic (exact) mass is 178 g/mol. The topological polar surface area (TPSA) is 0 Å². The molecule has 12 heavy (non-hydrogen) atoms. The molecule has 0 radical (unpaired) electrons. The van der Waals surface area contributed by atoms with E-state index in [2.05, 4.69) is 20.4 Å². The van der Waals surface area contributed by atoms with Crippen LogP contribution in [0.4, 0.5) is 8.78 Å². The van der Waals surface area contributed by atoms with Crippen LogP contribution in [0.2, 0.25) is 0 Å². The van der Waals surface area contributed by atoms with Crippen molar-refractivity contribution in [1.82, 2.24) is 0 Å². The maximum Gasteiger partial charge on any atom is 0.245 e. The summed E-state index contributed by atoms with van der Waals surface area (Å²) in [6, 6.07) is 0. The lowest BCUT2D eigenvalue weighted by Gasteiger charge is -2.05. The zero-order chi connectivity index (χ0) is 10.0. The lowest BCUT2D eigenvalue weighted by atomic mass is 10.2. The standard InChI is InChI=1S/C6H10F2.C4H10/c1-3-4-5-6(2,7)8;1-3-4-2/h3H,1,4-5H2,2H3;3-4H2,1-2H3. The minimum atomic E-state index is -2.52. The third-order valence-electron chi connectivity index (χ3n) is 1.29. The van der Waals surface area contributed by atoms with E-state index in [1.807, 2.05) is 0 Å². The third-order valence-corrected chi connectivity index (χ3v) is 1.29. The summed E-state index contributed by atoms with van der Waals surface area (Å²) in [7, 11) is 0. The van der Waals surface area contributed by atoms with Crippen LogP contribution in [0.5, 0.6) is 0 Å². The highest BCUT2D eigenvalue weighted by atomic mass is 19.3. The first kappa shape index (κ1) is 14.1. The number of alkyl halides is 2. The second-order valence-electron chi connectivity index (χ2n) is 2.90. The summed E-state index contributed by atoms with van der Waals surface area (Å²) < 4.78 is 23.7. The lowest BCUT2D eigenvalue weighted by Crippen LogP contribution is -2.07. The Morgan fingerprint density at radius 1 is 1.25 bits per heavy atom. The summed E-state index contributed by atoms with van der Waals surface area (Å²) >= 11 is 0. The Morgan fingerprint density at radius 2 is 1.67 bits per heavy atom. The van der Waals surface area contributed by atoms with Gasteiger partial charge in [-0.25, -0.2) is 8.78 Å². The summed E-state index contributed by atoms with van der Waals surface area (Å²) in [6.07, 6.45) is 4.44. The van der Waals surface area contributed by atoms with E-state index in [-0.39, 0.29) is 6.42 Å². The van der Waals surface area contributed by atoms with Gasteiger partial charge >= 0.3 is 0 Å². The molecule has 0 aliphatic rings. The van der Waals surface area contributed by atoms with Crippen LogP contribution >= 0.6 is 0 Å². The number of allylic oxidation sites excluding steroid dienone is 1. The zero-order valence-electron chi connectivity index (χ0n) is 8.37. The molecule has 0 N–H and O–H groups in total. The van der Waals surface area contributed by atoms with Crippen molar-refractivity contribution < 1.29 is 8.78 Å². The molecule has 0 aromatic carbocycles. The third kappa shape index (κ3) is 22.6. The Hall–Kier alpha value is -0.400. The van der Waals surface area contributed by atoms with Crippen LogP contribution in [0.1, 0.15) is 46.5 Å². The minimum Gasteiger partial charge on any atom is -0.207 e. The number of unbranched alkanes of at least 4 members (excludes halogenated alkanes) is 1. The number of halogens is 2. The highest BCUT2D eigenvalue weighted by molar-refractivity contribution is 4.70. The molecule has 2 heteroatoms. The second-order valence-corrected chi connectivity index (χ2v) is 2.90. The zero-order valence-corrected chi connectivity index (χ0v) is 8.37. The molecule has 0 unspecified atom stereocenters. The SMILES string of the molecule is C=CCCC(C)(F)F.CCCC. The van der Waals surface area contributed by atoms with Crippen LogP contribution in [0.15, 0.2) is 12.7 Å². The van der Waals surface area contributed by atoms with Crippen molar-refractivity contribution in [3.63, 3.8) is 0 Å². The number of hydrogen-bond donors (Lipinski definition) is 0. The number of hydrogen-bond acceptors (Lipinski definition) is 0. The number of rotatable bonds is 4. The summed E-state index contributed by atoms with van der Waals surface area (Å²) in [6.45, 7) is 8.60. The molecule has 0 nitrogen and oxygen atoms in total. The molecule has 0 saturated heterocycles. The summed E-state index contributed by atoms with van der Waals surface area (Å²) in [5.74, 6) is -2.52. The molecule has 0 aromatic rings. The highest BCUT2D eigenvalue weighted by Gasteiger charge is 2.18. The van der Waals surface area contributed by atoms with Crippen molar-refractivity contribution in [1.29, 1.82) is 0 Å². The maximum atomic E-state index is 11.9. The van der Waals surface area contributed by atoms with Crippen molar-refractivity contribution in [2.45, 2.75) is 52.4 Å². The summed E-state index contributed by atoms with van der Waals surface area (Å²) in [5, 5.41) is 0. The van der Waals surface area contributed by atoms with E-state index in [0.29, 0.717) is 6.42 Å². The molecule has 0 saturated carbocycles. The van der Waals surface area contributed by atoms with Crippen molar-refractivity contribution in [2.75, 3.05) is 0 Å². The van der Waals surface area contributed by atoms with Crippen molar-refractivity contribution in [3.05, 3.63) is 12.7 Å². The molecule has 0 amide bonds. The van der Waals surface area contributed by atoms with Crippen LogP contribution in [-0.2, 0) is 0 Å². The minimum absolute atomic E-state index is 0.0868.